The van der Waals surface area contributed by atoms with E-state index in [9.17, 15) is 19.8 Å². The third-order valence-corrected chi connectivity index (χ3v) is 19.2. The van der Waals surface area contributed by atoms with E-state index in [1.807, 2.05) is 0 Å². The Bertz CT molecular complexity index is 1380. The van der Waals surface area contributed by atoms with E-state index in [0.29, 0.717) is 25.9 Å². The number of nitrogens with one attached hydrogen (secondary N) is 1. The van der Waals surface area contributed by atoms with Crippen molar-refractivity contribution in [3.8, 4) is 0 Å². The number of esters is 1. The van der Waals surface area contributed by atoms with Crippen LogP contribution in [-0.4, -0.2) is 47.4 Å². The van der Waals surface area contributed by atoms with Gasteiger partial charge in [0.25, 0.3) is 0 Å². The highest BCUT2D eigenvalue weighted by atomic mass is 16.5. The number of hydrogen-bond acceptors (Lipinski definition) is 5. The lowest BCUT2D eigenvalue weighted by molar-refractivity contribution is -0.143. The molecule has 1 amide bonds. The van der Waals surface area contributed by atoms with Crippen LogP contribution < -0.4 is 5.32 Å². The van der Waals surface area contributed by atoms with E-state index in [4.69, 9.17) is 4.74 Å². The molecule has 2 unspecified atom stereocenters. The fraction of sp³-hybridized carbons (Fsp3) is 0.927. The van der Waals surface area contributed by atoms with Crippen molar-refractivity contribution >= 4 is 11.9 Å². The Balaban J connectivity index is 3.36. The van der Waals surface area contributed by atoms with Crippen LogP contribution in [0.15, 0.2) is 24.3 Å². The first-order valence-electron chi connectivity index (χ1n) is 40.6. The number of ether oxygens (including phenoxy) is 1. The van der Waals surface area contributed by atoms with Crippen LogP contribution in [0.4, 0.5) is 0 Å². The zero-order valence-corrected chi connectivity index (χ0v) is 60.0. The Labute approximate surface area is 551 Å². The number of amides is 1. The van der Waals surface area contributed by atoms with Gasteiger partial charge in [0.2, 0.25) is 5.91 Å². The van der Waals surface area contributed by atoms with Crippen LogP contribution in [0.1, 0.15) is 463 Å². The van der Waals surface area contributed by atoms with Gasteiger partial charge in [-0.15, -0.1) is 0 Å². The molecule has 0 spiro atoms. The van der Waals surface area contributed by atoms with Crippen molar-refractivity contribution in [1.29, 1.82) is 0 Å². The molecule has 0 aliphatic rings. The van der Waals surface area contributed by atoms with E-state index in [2.05, 4.69) is 43.5 Å². The minimum atomic E-state index is -0.665. The summed E-state index contributed by atoms with van der Waals surface area (Å²) >= 11 is 0. The van der Waals surface area contributed by atoms with Crippen LogP contribution >= 0.6 is 0 Å². The average molecular weight is 1240 g/mol. The number of carbonyl (C=O) groups excluding carboxylic acids is 2. The highest BCUT2D eigenvalue weighted by Crippen LogP contribution is 2.20. The van der Waals surface area contributed by atoms with Crippen molar-refractivity contribution in [1.82, 2.24) is 5.32 Å². The van der Waals surface area contributed by atoms with E-state index in [1.54, 1.807) is 0 Å². The Morgan fingerprint density at radius 2 is 0.534 bits per heavy atom. The quantitative estimate of drug-likeness (QED) is 0.0320. The lowest BCUT2D eigenvalue weighted by Gasteiger charge is -2.22. The summed E-state index contributed by atoms with van der Waals surface area (Å²) < 4.78 is 5.51. The zero-order valence-electron chi connectivity index (χ0n) is 60.0. The van der Waals surface area contributed by atoms with Gasteiger partial charge in [0, 0.05) is 12.8 Å². The van der Waals surface area contributed by atoms with Gasteiger partial charge in [0.15, 0.2) is 0 Å². The van der Waals surface area contributed by atoms with Crippen molar-refractivity contribution in [3.63, 3.8) is 0 Å². The van der Waals surface area contributed by atoms with Crippen LogP contribution in [0.25, 0.3) is 0 Å². The van der Waals surface area contributed by atoms with Gasteiger partial charge in [-0.3, -0.25) is 9.59 Å². The fourth-order valence-electron chi connectivity index (χ4n) is 13.0. The topological polar surface area (TPSA) is 95.9 Å². The summed E-state index contributed by atoms with van der Waals surface area (Å²) in [6.07, 6.45) is 99.9. The molecular weight excluding hydrogens is 1080 g/mol. The lowest BCUT2D eigenvalue weighted by atomic mass is 10.0. The van der Waals surface area contributed by atoms with Crippen molar-refractivity contribution in [3.05, 3.63) is 24.3 Å². The lowest BCUT2D eigenvalue weighted by Crippen LogP contribution is -2.45. The Morgan fingerprint density at radius 3 is 0.807 bits per heavy atom. The van der Waals surface area contributed by atoms with Crippen molar-refractivity contribution < 1.29 is 24.5 Å². The summed E-state index contributed by atoms with van der Waals surface area (Å²) in [5.41, 5.74) is 0. The summed E-state index contributed by atoms with van der Waals surface area (Å²) in [7, 11) is 0. The van der Waals surface area contributed by atoms with Gasteiger partial charge in [-0.2, -0.15) is 0 Å². The predicted molar refractivity (Wildman–Crippen MR) is 389 cm³/mol. The van der Waals surface area contributed by atoms with E-state index in [0.717, 1.165) is 44.9 Å². The first kappa shape index (κ1) is 86.3. The second kappa shape index (κ2) is 77.8. The molecular formula is C82H159NO5. The van der Waals surface area contributed by atoms with Crippen LogP contribution in [-0.2, 0) is 14.3 Å². The number of aliphatic hydroxyl groups is 2. The molecule has 522 valence electrons. The molecule has 0 heterocycles. The van der Waals surface area contributed by atoms with Gasteiger partial charge >= 0.3 is 5.97 Å². The Hall–Kier alpha value is -1.66. The number of aliphatic hydroxyl groups excluding tert-OH is 2. The van der Waals surface area contributed by atoms with Crippen LogP contribution in [0, 0.1) is 0 Å². The molecule has 0 radical (unpaired) electrons. The van der Waals surface area contributed by atoms with E-state index in [1.165, 1.54) is 385 Å². The molecule has 0 saturated heterocycles. The maximum Gasteiger partial charge on any atom is 0.305 e. The molecule has 6 heteroatoms. The van der Waals surface area contributed by atoms with Gasteiger partial charge in [-0.05, 0) is 77.0 Å². The zero-order chi connectivity index (χ0) is 63.5. The summed E-state index contributed by atoms with van der Waals surface area (Å²) in [6.45, 7) is 5.00. The number of allylic oxidation sites excluding steroid dienone is 4. The van der Waals surface area contributed by atoms with Gasteiger partial charge in [0.1, 0.15) is 0 Å². The molecule has 0 saturated carbocycles. The molecule has 2 atom stereocenters. The molecule has 0 aromatic rings. The Kier molecular flexibility index (Phi) is 76.3. The largest absolute Gasteiger partial charge is 0.466 e. The third-order valence-electron chi connectivity index (χ3n) is 19.2. The maximum atomic E-state index is 12.6. The second-order valence-corrected chi connectivity index (χ2v) is 28.1. The SMILES string of the molecule is CCCCCCCCC/C=C\CCCCCCCCCC(=O)OCCCCCCCCCCCCCC/C=C\CCCCCCCCCCCCCCCC(=O)NC(CO)C(O)CCCCCCCCCCCCCCCCCCCCCCCCCC. The molecule has 0 aromatic carbocycles. The van der Waals surface area contributed by atoms with Crippen LogP contribution in [0.2, 0.25) is 0 Å². The molecule has 88 heavy (non-hydrogen) atoms. The monoisotopic (exact) mass is 1240 g/mol. The molecule has 0 aromatic heterocycles. The van der Waals surface area contributed by atoms with Crippen molar-refractivity contribution in [2.45, 2.75) is 475 Å². The molecule has 0 aliphatic carbocycles. The molecule has 0 aliphatic heterocycles. The highest BCUT2D eigenvalue weighted by Gasteiger charge is 2.20. The molecule has 0 fully saturated rings. The minimum absolute atomic E-state index is 0.0149. The predicted octanol–water partition coefficient (Wildman–Crippen LogP) is 26.8. The summed E-state index contributed by atoms with van der Waals surface area (Å²) in [4.78, 5) is 24.7. The average Bonchev–Trinajstić information content (AvgIpc) is 3.58. The maximum absolute atomic E-state index is 12.6. The van der Waals surface area contributed by atoms with Gasteiger partial charge in [0.05, 0.1) is 25.4 Å². The number of hydrogen-bond donors (Lipinski definition) is 3. The Morgan fingerprint density at radius 1 is 0.307 bits per heavy atom. The molecule has 6 nitrogen and oxygen atoms in total. The highest BCUT2D eigenvalue weighted by molar-refractivity contribution is 5.76. The van der Waals surface area contributed by atoms with Crippen LogP contribution in [0.3, 0.4) is 0 Å². The summed E-state index contributed by atoms with van der Waals surface area (Å²) in [6, 6.07) is -0.542. The standard InChI is InChI=1S/C82H159NO5/c1-3-5-7-9-11-13-15-17-19-21-23-24-25-33-36-39-42-46-50-54-58-62-66-70-74-80(85)79(78-84)83-81(86)75-71-67-63-59-55-51-47-43-40-37-34-31-29-27-26-28-30-32-35-38-41-45-49-53-57-61-65-69-73-77-88-82(87)76-72-68-64-60-56-52-48-44-22-20-18-16-14-12-10-8-6-4-2/h20,22,26,28,79-80,84-85H,3-19,21,23-25,27,29-78H2,1-2H3,(H,83,86)/b22-20-,28-26-. The van der Waals surface area contributed by atoms with E-state index in [-0.39, 0.29) is 18.5 Å². The second-order valence-electron chi connectivity index (χ2n) is 28.1. The normalized spacial score (nSPS) is 12.5. The number of unbranched alkanes of at least 4 members (excludes halogenated alkanes) is 62. The van der Waals surface area contributed by atoms with Gasteiger partial charge in [-0.1, -0.05) is 398 Å². The number of carbonyl (C=O) groups is 2. The third kappa shape index (κ3) is 73.4. The summed E-state index contributed by atoms with van der Waals surface area (Å²) in [5, 5.41) is 23.5. The smallest absolute Gasteiger partial charge is 0.305 e. The van der Waals surface area contributed by atoms with E-state index < -0.39 is 12.1 Å². The van der Waals surface area contributed by atoms with Gasteiger partial charge < -0.3 is 20.3 Å². The van der Waals surface area contributed by atoms with Crippen molar-refractivity contribution in [2.24, 2.45) is 0 Å². The first-order valence-corrected chi connectivity index (χ1v) is 40.6. The molecule has 3 N–H and O–H groups in total. The number of rotatable bonds is 77. The first-order chi connectivity index (χ1) is 43.5. The van der Waals surface area contributed by atoms with Gasteiger partial charge in [-0.25, -0.2) is 0 Å². The summed E-state index contributed by atoms with van der Waals surface area (Å²) in [5.74, 6) is -0.0135. The van der Waals surface area contributed by atoms with Crippen LogP contribution in [0.5, 0.6) is 0 Å². The van der Waals surface area contributed by atoms with E-state index >= 15 is 0 Å². The fourth-order valence-corrected chi connectivity index (χ4v) is 13.0. The van der Waals surface area contributed by atoms with Crippen molar-refractivity contribution in [2.75, 3.05) is 13.2 Å². The minimum Gasteiger partial charge on any atom is -0.466 e. The molecule has 0 bridgehead atoms. The molecule has 0 rings (SSSR count).